The van der Waals surface area contributed by atoms with Gasteiger partial charge in [0.05, 0.1) is 7.11 Å². The van der Waals surface area contributed by atoms with Crippen LogP contribution in [0.2, 0.25) is 0 Å². The highest BCUT2D eigenvalue weighted by Crippen LogP contribution is 2.20. The number of piperazine rings is 1. The van der Waals surface area contributed by atoms with Gasteiger partial charge in [-0.25, -0.2) is 0 Å². The highest BCUT2D eigenvalue weighted by molar-refractivity contribution is 5.36. The number of ether oxygens (including phenoxy) is 1. The van der Waals surface area contributed by atoms with Crippen LogP contribution >= 0.6 is 0 Å². The zero-order valence-corrected chi connectivity index (χ0v) is 11.0. The second-order valence-electron chi connectivity index (χ2n) is 4.83. The molecule has 3 heteroatoms. The van der Waals surface area contributed by atoms with Crippen molar-refractivity contribution >= 4 is 0 Å². The molecule has 0 bridgehead atoms. The molecule has 94 valence electrons. The van der Waals surface area contributed by atoms with Gasteiger partial charge in [0.1, 0.15) is 5.75 Å². The van der Waals surface area contributed by atoms with E-state index in [0.29, 0.717) is 6.04 Å². The summed E-state index contributed by atoms with van der Waals surface area (Å²) in [4.78, 5) is 2.53. The summed E-state index contributed by atoms with van der Waals surface area (Å²) in [6.45, 7) is 8.74. The van der Waals surface area contributed by atoms with Crippen LogP contribution in [0.25, 0.3) is 0 Å². The normalized spacial score (nSPS) is 21.5. The SMILES string of the molecule is COc1ccc(CN2CCNCC2C)cc1C. The van der Waals surface area contributed by atoms with E-state index in [9.17, 15) is 0 Å². The molecule has 17 heavy (non-hydrogen) atoms. The van der Waals surface area contributed by atoms with E-state index >= 15 is 0 Å². The molecule has 0 radical (unpaired) electrons. The average Bonchev–Trinajstić information content (AvgIpc) is 2.32. The smallest absolute Gasteiger partial charge is 0.121 e. The molecule has 3 nitrogen and oxygen atoms in total. The van der Waals surface area contributed by atoms with Gasteiger partial charge in [-0.3, -0.25) is 4.90 Å². The number of benzene rings is 1. The summed E-state index contributed by atoms with van der Waals surface area (Å²) in [6, 6.07) is 7.08. The summed E-state index contributed by atoms with van der Waals surface area (Å²) in [5, 5.41) is 3.42. The predicted molar refractivity (Wildman–Crippen MR) is 70.5 cm³/mol. The van der Waals surface area contributed by atoms with E-state index in [2.05, 4.69) is 42.3 Å². The molecule has 0 aromatic heterocycles. The Morgan fingerprint density at radius 2 is 2.29 bits per heavy atom. The Morgan fingerprint density at radius 1 is 1.47 bits per heavy atom. The minimum absolute atomic E-state index is 0.617. The average molecular weight is 234 g/mol. The number of nitrogens with one attached hydrogen (secondary N) is 1. The second-order valence-corrected chi connectivity index (χ2v) is 4.83. The number of methoxy groups -OCH3 is 1. The van der Waals surface area contributed by atoms with Gasteiger partial charge in [-0.15, -0.1) is 0 Å². The van der Waals surface area contributed by atoms with E-state index in [1.54, 1.807) is 7.11 Å². The molecular formula is C14H22N2O. The lowest BCUT2D eigenvalue weighted by Crippen LogP contribution is -2.49. The third-order valence-electron chi connectivity index (χ3n) is 3.48. The first kappa shape index (κ1) is 12.4. The van der Waals surface area contributed by atoms with Gasteiger partial charge in [0.2, 0.25) is 0 Å². The van der Waals surface area contributed by atoms with Crippen molar-refractivity contribution in [3.8, 4) is 5.75 Å². The van der Waals surface area contributed by atoms with E-state index in [1.807, 2.05) is 0 Å². The molecule has 1 N–H and O–H groups in total. The van der Waals surface area contributed by atoms with Crippen molar-refractivity contribution < 1.29 is 4.74 Å². The van der Waals surface area contributed by atoms with Gasteiger partial charge in [0.15, 0.2) is 0 Å². The Balaban J connectivity index is 2.05. The van der Waals surface area contributed by atoms with Crippen LogP contribution in [0.15, 0.2) is 18.2 Å². The number of hydrogen-bond acceptors (Lipinski definition) is 3. The zero-order valence-electron chi connectivity index (χ0n) is 11.0. The van der Waals surface area contributed by atoms with Crippen molar-refractivity contribution in [3.05, 3.63) is 29.3 Å². The Hall–Kier alpha value is -1.06. The highest BCUT2D eigenvalue weighted by Gasteiger charge is 2.17. The molecule has 1 unspecified atom stereocenters. The van der Waals surface area contributed by atoms with Crippen molar-refractivity contribution in [2.24, 2.45) is 0 Å². The van der Waals surface area contributed by atoms with E-state index in [0.717, 1.165) is 31.9 Å². The summed E-state index contributed by atoms with van der Waals surface area (Å²) in [7, 11) is 1.72. The van der Waals surface area contributed by atoms with E-state index in [4.69, 9.17) is 4.74 Å². The molecule has 1 atom stereocenters. The molecule has 1 aromatic carbocycles. The maximum Gasteiger partial charge on any atom is 0.121 e. The van der Waals surface area contributed by atoms with Crippen LogP contribution in [0, 0.1) is 6.92 Å². The Labute approximate surface area is 104 Å². The summed E-state index contributed by atoms with van der Waals surface area (Å²) < 4.78 is 5.29. The van der Waals surface area contributed by atoms with Crippen LogP contribution in [0.4, 0.5) is 0 Å². The standard InChI is InChI=1S/C14H22N2O/c1-11-8-13(4-5-14(11)17-3)10-16-7-6-15-9-12(16)2/h4-5,8,12,15H,6-7,9-10H2,1-3H3. The van der Waals surface area contributed by atoms with Gasteiger partial charge < -0.3 is 10.1 Å². The van der Waals surface area contributed by atoms with Gasteiger partial charge in [-0.2, -0.15) is 0 Å². The summed E-state index contributed by atoms with van der Waals surface area (Å²) in [5.74, 6) is 0.974. The Kier molecular flexibility index (Phi) is 4.02. The summed E-state index contributed by atoms with van der Waals surface area (Å²) in [6.07, 6.45) is 0. The molecule has 0 aliphatic carbocycles. The molecule has 2 rings (SSSR count). The maximum absolute atomic E-state index is 5.29. The van der Waals surface area contributed by atoms with E-state index < -0.39 is 0 Å². The largest absolute Gasteiger partial charge is 0.496 e. The van der Waals surface area contributed by atoms with Crippen molar-refractivity contribution in [2.75, 3.05) is 26.7 Å². The molecule has 1 aliphatic rings. The molecule has 1 saturated heterocycles. The second kappa shape index (κ2) is 5.52. The lowest BCUT2D eigenvalue weighted by molar-refractivity contribution is 0.165. The fraction of sp³-hybridized carbons (Fsp3) is 0.571. The first-order valence-corrected chi connectivity index (χ1v) is 6.29. The molecule has 1 aromatic rings. The van der Waals surface area contributed by atoms with E-state index in [1.165, 1.54) is 11.1 Å². The fourth-order valence-corrected chi connectivity index (χ4v) is 2.39. The Morgan fingerprint density at radius 3 is 2.94 bits per heavy atom. The first-order chi connectivity index (χ1) is 8.20. The van der Waals surface area contributed by atoms with Crippen LogP contribution in [0.1, 0.15) is 18.1 Å². The number of aryl methyl sites for hydroxylation is 1. The minimum Gasteiger partial charge on any atom is -0.496 e. The molecule has 1 fully saturated rings. The maximum atomic E-state index is 5.29. The third-order valence-corrected chi connectivity index (χ3v) is 3.48. The summed E-state index contributed by atoms with van der Waals surface area (Å²) >= 11 is 0. The van der Waals surface area contributed by atoms with Gasteiger partial charge in [-0.1, -0.05) is 12.1 Å². The number of rotatable bonds is 3. The van der Waals surface area contributed by atoms with Crippen molar-refractivity contribution in [1.82, 2.24) is 10.2 Å². The molecule has 0 amide bonds. The van der Waals surface area contributed by atoms with E-state index in [-0.39, 0.29) is 0 Å². The zero-order chi connectivity index (χ0) is 12.3. The quantitative estimate of drug-likeness (QED) is 0.863. The molecule has 1 aliphatic heterocycles. The van der Waals surface area contributed by atoms with Gasteiger partial charge >= 0.3 is 0 Å². The topological polar surface area (TPSA) is 24.5 Å². The minimum atomic E-state index is 0.617. The predicted octanol–water partition coefficient (Wildman–Crippen LogP) is 1.80. The van der Waals surface area contributed by atoms with Crippen LogP contribution in [-0.2, 0) is 6.54 Å². The lowest BCUT2D eigenvalue weighted by Gasteiger charge is -2.34. The fourth-order valence-electron chi connectivity index (χ4n) is 2.39. The van der Waals surface area contributed by atoms with Gasteiger partial charge in [-0.05, 0) is 31.0 Å². The molecule has 1 heterocycles. The van der Waals surface area contributed by atoms with Crippen molar-refractivity contribution in [1.29, 1.82) is 0 Å². The van der Waals surface area contributed by atoms with Crippen LogP contribution in [-0.4, -0.2) is 37.7 Å². The third kappa shape index (κ3) is 2.99. The Bertz CT molecular complexity index is 378. The lowest BCUT2D eigenvalue weighted by atomic mass is 10.1. The van der Waals surface area contributed by atoms with Crippen molar-refractivity contribution in [3.63, 3.8) is 0 Å². The molecular weight excluding hydrogens is 212 g/mol. The van der Waals surface area contributed by atoms with Gasteiger partial charge in [0.25, 0.3) is 0 Å². The molecule has 0 spiro atoms. The van der Waals surface area contributed by atoms with Crippen molar-refractivity contribution in [2.45, 2.75) is 26.4 Å². The molecule has 0 saturated carbocycles. The van der Waals surface area contributed by atoms with Gasteiger partial charge in [0, 0.05) is 32.2 Å². The summed E-state index contributed by atoms with van der Waals surface area (Å²) in [5.41, 5.74) is 2.59. The van der Waals surface area contributed by atoms with Crippen LogP contribution in [0.3, 0.4) is 0 Å². The first-order valence-electron chi connectivity index (χ1n) is 6.29. The van der Waals surface area contributed by atoms with Crippen LogP contribution < -0.4 is 10.1 Å². The monoisotopic (exact) mass is 234 g/mol. The highest BCUT2D eigenvalue weighted by atomic mass is 16.5. The van der Waals surface area contributed by atoms with Crippen LogP contribution in [0.5, 0.6) is 5.75 Å². The number of nitrogens with zero attached hydrogens (tertiary/aromatic N) is 1. The number of hydrogen-bond donors (Lipinski definition) is 1.